The summed E-state index contributed by atoms with van der Waals surface area (Å²) in [6.07, 6.45) is 0.652. The van der Waals surface area contributed by atoms with E-state index in [-0.39, 0.29) is 16.7 Å². The SMILES string of the molecule is COc1ccc(C2=Nc3ccccc3N[C@@H](c3ccc([N+](=O)[O-])cc3)C2)cc1. The maximum atomic E-state index is 11.0. The predicted molar refractivity (Wildman–Crippen MR) is 110 cm³/mol. The number of para-hydroxylation sites is 2. The number of nitro benzene ring substituents is 1. The third-order valence-electron chi connectivity index (χ3n) is 4.82. The number of hydrogen-bond acceptors (Lipinski definition) is 5. The van der Waals surface area contributed by atoms with E-state index in [2.05, 4.69) is 5.32 Å². The van der Waals surface area contributed by atoms with Crippen LogP contribution in [0.2, 0.25) is 0 Å². The van der Waals surface area contributed by atoms with Crippen molar-refractivity contribution in [1.29, 1.82) is 0 Å². The highest BCUT2D eigenvalue weighted by atomic mass is 16.6. The van der Waals surface area contributed by atoms with Gasteiger partial charge in [-0.25, -0.2) is 0 Å². The third-order valence-corrected chi connectivity index (χ3v) is 4.82. The average molecular weight is 373 g/mol. The van der Waals surface area contributed by atoms with Gasteiger partial charge in [-0.1, -0.05) is 24.3 Å². The van der Waals surface area contributed by atoms with Crippen molar-refractivity contribution in [1.82, 2.24) is 0 Å². The topological polar surface area (TPSA) is 76.8 Å². The van der Waals surface area contributed by atoms with Crippen LogP contribution >= 0.6 is 0 Å². The van der Waals surface area contributed by atoms with Crippen LogP contribution in [-0.2, 0) is 0 Å². The lowest BCUT2D eigenvalue weighted by Gasteiger charge is -2.19. The van der Waals surface area contributed by atoms with Crippen molar-refractivity contribution >= 4 is 22.8 Å². The normalized spacial score (nSPS) is 15.6. The minimum absolute atomic E-state index is 0.0506. The fourth-order valence-electron chi connectivity index (χ4n) is 3.31. The van der Waals surface area contributed by atoms with Gasteiger partial charge in [-0.05, 0) is 47.5 Å². The lowest BCUT2D eigenvalue weighted by Crippen LogP contribution is -2.14. The second-order valence-corrected chi connectivity index (χ2v) is 6.55. The highest BCUT2D eigenvalue weighted by Gasteiger charge is 2.21. The number of nitrogens with one attached hydrogen (secondary N) is 1. The Balaban J connectivity index is 1.73. The smallest absolute Gasteiger partial charge is 0.269 e. The molecule has 6 nitrogen and oxygen atoms in total. The molecule has 6 heteroatoms. The molecule has 1 aliphatic heterocycles. The van der Waals surface area contributed by atoms with Crippen LogP contribution < -0.4 is 10.1 Å². The highest BCUT2D eigenvalue weighted by molar-refractivity contribution is 6.04. The number of anilines is 1. The second-order valence-electron chi connectivity index (χ2n) is 6.55. The lowest BCUT2D eigenvalue weighted by molar-refractivity contribution is -0.384. The molecule has 1 atom stereocenters. The maximum Gasteiger partial charge on any atom is 0.269 e. The first-order valence-corrected chi connectivity index (χ1v) is 8.96. The summed E-state index contributed by atoms with van der Waals surface area (Å²) in [4.78, 5) is 15.5. The second kappa shape index (κ2) is 7.52. The monoisotopic (exact) mass is 373 g/mol. The van der Waals surface area contributed by atoms with Crippen molar-refractivity contribution in [2.45, 2.75) is 12.5 Å². The Labute approximate surface area is 162 Å². The van der Waals surface area contributed by atoms with Crippen molar-refractivity contribution in [3.8, 4) is 5.75 Å². The number of rotatable bonds is 4. The van der Waals surface area contributed by atoms with E-state index in [1.807, 2.05) is 48.5 Å². The van der Waals surface area contributed by atoms with Crippen molar-refractivity contribution in [3.63, 3.8) is 0 Å². The molecule has 28 heavy (non-hydrogen) atoms. The van der Waals surface area contributed by atoms with E-state index in [1.54, 1.807) is 19.2 Å². The maximum absolute atomic E-state index is 11.0. The number of non-ortho nitro benzene ring substituents is 1. The fourth-order valence-corrected chi connectivity index (χ4v) is 3.31. The number of nitrogens with zero attached hydrogens (tertiary/aromatic N) is 2. The van der Waals surface area contributed by atoms with Gasteiger partial charge < -0.3 is 10.1 Å². The molecular formula is C22H19N3O3. The quantitative estimate of drug-likeness (QED) is 0.498. The van der Waals surface area contributed by atoms with Gasteiger partial charge in [-0.3, -0.25) is 15.1 Å². The molecule has 1 aliphatic rings. The summed E-state index contributed by atoms with van der Waals surface area (Å²) < 4.78 is 5.25. The minimum Gasteiger partial charge on any atom is -0.497 e. The number of benzene rings is 3. The van der Waals surface area contributed by atoms with E-state index < -0.39 is 0 Å². The molecule has 0 fully saturated rings. The summed E-state index contributed by atoms with van der Waals surface area (Å²) in [6.45, 7) is 0. The molecule has 0 amide bonds. The Kier molecular flexibility index (Phi) is 4.76. The van der Waals surface area contributed by atoms with Crippen LogP contribution in [0.15, 0.2) is 77.8 Å². The summed E-state index contributed by atoms with van der Waals surface area (Å²) in [6, 6.07) is 22.4. The molecule has 140 valence electrons. The van der Waals surface area contributed by atoms with E-state index in [9.17, 15) is 10.1 Å². The standard InChI is InChI=1S/C22H19N3O3/c1-28-18-12-8-16(9-13-18)22-14-21(15-6-10-17(11-7-15)25(26)27)23-19-4-2-3-5-20(19)24-22/h2-13,21,23H,14H2,1H3/t21-/m1/s1. The van der Waals surface area contributed by atoms with Gasteiger partial charge in [0, 0.05) is 18.6 Å². The lowest BCUT2D eigenvalue weighted by atomic mass is 9.97. The zero-order chi connectivity index (χ0) is 19.5. The molecule has 0 radical (unpaired) electrons. The molecule has 0 unspecified atom stereocenters. The summed E-state index contributed by atoms with van der Waals surface area (Å²) in [5.74, 6) is 0.795. The molecule has 0 saturated carbocycles. The predicted octanol–water partition coefficient (Wildman–Crippen LogP) is 5.28. The molecule has 4 rings (SSSR count). The molecule has 0 saturated heterocycles. The van der Waals surface area contributed by atoms with Crippen molar-refractivity contribution in [3.05, 3.63) is 94.0 Å². The van der Waals surface area contributed by atoms with Crippen molar-refractivity contribution in [2.75, 3.05) is 12.4 Å². The van der Waals surface area contributed by atoms with Crippen LogP contribution in [-0.4, -0.2) is 17.7 Å². The summed E-state index contributed by atoms with van der Waals surface area (Å²) in [7, 11) is 1.64. The highest BCUT2D eigenvalue weighted by Crippen LogP contribution is 2.35. The minimum atomic E-state index is -0.385. The zero-order valence-electron chi connectivity index (χ0n) is 15.3. The summed E-state index contributed by atoms with van der Waals surface area (Å²) in [5, 5.41) is 14.5. The van der Waals surface area contributed by atoms with Gasteiger partial charge in [-0.15, -0.1) is 0 Å². The molecule has 0 bridgehead atoms. The van der Waals surface area contributed by atoms with Crippen LogP contribution in [0.5, 0.6) is 5.75 Å². The van der Waals surface area contributed by atoms with Crippen LogP contribution in [0.25, 0.3) is 0 Å². The van der Waals surface area contributed by atoms with Crippen molar-refractivity contribution < 1.29 is 9.66 Å². The average Bonchev–Trinajstić information content (AvgIpc) is 2.93. The fraction of sp³-hybridized carbons (Fsp3) is 0.136. The van der Waals surface area contributed by atoms with Crippen LogP contribution in [0.1, 0.15) is 23.6 Å². The first-order chi connectivity index (χ1) is 13.6. The Morgan fingerprint density at radius 1 is 1.04 bits per heavy atom. The summed E-state index contributed by atoms with van der Waals surface area (Å²) >= 11 is 0. The van der Waals surface area contributed by atoms with Crippen LogP contribution in [0.3, 0.4) is 0 Å². The first kappa shape index (κ1) is 17.7. The molecule has 3 aromatic carbocycles. The Morgan fingerprint density at radius 3 is 2.43 bits per heavy atom. The van der Waals surface area contributed by atoms with Gasteiger partial charge in [0.25, 0.3) is 5.69 Å². The number of ether oxygens (including phenoxy) is 1. The van der Waals surface area contributed by atoms with E-state index >= 15 is 0 Å². The number of fused-ring (bicyclic) bond motifs is 1. The molecule has 0 aliphatic carbocycles. The summed E-state index contributed by atoms with van der Waals surface area (Å²) in [5.41, 5.74) is 4.84. The first-order valence-electron chi connectivity index (χ1n) is 8.96. The van der Waals surface area contributed by atoms with Crippen LogP contribution in [0, 0.1) is 10.1 Å². The number of hydrogen-bond donors (Lipinski definition) is 1. The van der Waals surface area contributed by atoms with E-state index in [4.69, 9.17) is 9.73 Å². The van der Waals surface area contributed by atoms with Gasteiger partial charge >= 0.3 is 0 Å². The zero-order valence-corrected chi connectivity index (χ0v) is 15.3. The van der Waals surface area contributed by atoms with E-state index in [1.165, 1.54) is 12.1 Å². The van der Waals surface area contributed by atoms with Gasteiger partial charge in [0.15, 0.2) is 0 Å². The van der Waals surface area contributed by atoms with Gasteiger partial charge in [0.1, 0.15) is 5.75 Å². The van der Waals surface area contributed by atoms with Gasteiger partial charge in [0.2, 0.25) is 0 Å². The number of aliphatic imine (C=N–C) groups is 1. The van der Waals surface area contributed by atoms with E-state index in [0.717, 1.165) is 34.0 Å². The van der Waals surface area contributed by atoms with E-state index in [0.29, 0.717) is 6.42 Å². The molecule has 0 spiro atoms. The number of nitro groups is 1. The molecule has 1 N–H and O–H groups in total. The Bertz CT molecular complexity index is 1030. The van der Waals surface area contributed by atoms with Gasteiger partial charge in [0.05, 0.1) is 35.2 Å². The largest absolute Gasteiger partial charge is 0.497 e. The molecule has 1 heterocycles. The van der Waals surface area contributed by atoms with Gasteiger partial charge in [-0.2, -0.15) is 0 Å². The third kappa shape index (κ3) is 3.57. The molecule has 0 aromatic heterocycles. The molecule has 3 aromatic rings. The van der Waals surface area contributed by atoms with Crippen molar-refractivity contribution in [2.24, 2.45) is 4.99 Å². The Hall–Kier alpha value is -3.67. The number of methoxy groups -OCH3 is 1. The van der Waals surface area contributed by atoms with Crippen LogP contribution in [0.4, 0.5) is 17.1 Å². The molecular weight excluding hydrogens is 354 g/mol. The Morgan fingerprint density at radius 2 is 1.75 bits per heavy atom.